The number of amides is 1. The van der Waals surface area contributed by atoms with E-state index >= 15 is 0 Å². The van der Waals surface area contributed by atoms with Crippen molar-refractivity contribution in [3.05, 3.63) is 18.2 Å². The molecule has 0 radical (unpaired) electrons. The number of hydrogen-bond donors (Lipinski definition) is 2. The summed E-state index contributed by atoms with van der Waals surface area (Å²) < 4.78 is 2.03. The number of rotatable bonds is 8. The Labute approximate surface area is 134 Å². The Kier molecular flexibility index (Phi) is 6.60. The van der Waals surface area contributed by atoms with E-state index in [0.717, 1.165) is 5.82 Å². The molecule has 1 atom stereocenters. The summed E-state index contributed by atoms with van der Waals surface area (Å²) in [5.74, 6) is 1.53. The van der Waals surface area contributed by atoms with E-state index in [1.165, 1.54) is 0 Å². The molecular formula is C17H31N3O2. The minimum atomic E-state index is -0.436. The zero-order chi connectivity index (χ0) is 16.9. The first-order valence-corrected chi connectivity index (χ1v) is 8.11. The molecule has 22 heavy (non-hydrogen) atoms. The van der Waals surface area contributed by atoms with Crippen LogP contribution in [0.25, 0.3) is 0 Å². The number of aliphatic hydroxyl groups is 1. The molecule has 0 fully saturated rings. The summed E-state index contributed by atoms with van der Waals surface area (Å²) in [4.78, 5) is 16.4. The van der Waals surface area contributed by atoms with Crippen molar-refractivity contribution in [2.45, 2.75) is 66.5 Å². The van der Waals surface area contributed by atoms with Crippen LogP contribution in [-0.4, -0.2) is 33.2 Å². The van der Waals surface area contributed by atoms with Crippen LogP contribution in [0, 0.1) is 11.3 Å². The van der Waals surface area contributed by atoms with Crippen molar-refractivity contribution in [1.82, 2.24) is 14.9 Å². The number of nitrogens with zero attached hydrogens (tertiary/aromatic N) is 2. The van der Waals surface area contributed by atoms with Crippen molar-refractivity contribution in [3.63, 3.8) is 0 Å². The van der Waals surface area contributed by atoms with Gasteiger partial charge in [0, 0.05) is 43.2 Å². The molecule has 0 saturated heterocycles. The van der Waals surface area contributed by atoms with Gasteiger partial charge in [0.05, 0.1) is 6.10 Å². The predicted molar refractivity (Wildman–Crippen MR) is 88.6 cm³/mol. The van der Waals surface area contributed by atoms with Crippen LogP contribution >= 0.6 is 0 Å². The second-order valence-corrected chi connectivity index (χ2v) is 7.34. The lowest BCUT2D eigenvalue weighted by Gasteiger charge is -2.33. The Morgan fingerprint density at radius 1 is 1.36 bits per heavy atom. The summed E-state index contributed by atoms with van der Waals surface area (Å²) in [6, 6.07) is 0. The van der Waals surface area contributed by atoms with Crippen molar-refractivity contribution in [2.24, 2.45) is 11.3 Å². The highest BCUT2D eigenvalue weighted by Gasteiger charge is 2.30. The van der Waals surface area contributed by atoms with Crippen LogP contribution in [0.2, 0.25) is 0 Å². The van der Waals surface area contributed by atoms with Crippen molar-refractivity contribution >= 4 is 5.91 Å². The zero-order valence-corrected chi connectivity index (χ0v) is 14.8. The lowest BCUT2D eigenvalue weighted by Crippen LogP contribution is -2.43. The minimum Gasteiger partial charge on any atom is -0.392 e. The molecule has 0 saturated carbocycles. The lowest BCUT2D eigenvalue weighted by molar-refractivity contribution is -0.122. The van der Waals surface area contributed by atoms with E-state index in [0.29, 0.717) is 25.4 Å². The van der Waals surface area contributed by atoms with Crippen LogP contribution in [0.1, 0.15) is 59.7 Å². The summed E-state index contributed by atoms with van der Waals surface area (Å²) in [6.07, 6.45) is 3.67. The van der Waals surface area contributed by atoms with Gasteiger partial charge in [-0.1, -0.05) is 41.5 Å². The van der Waals surface area contributed by atoms with E-state index in [4.69, 9.17) is 0 Å². The molecule has 0 aliphatic heterocycles. The maximum Gasteiger partial charge on any atom is 0.221 e. The predicted octanol–water partition coefficient (Wildman–Crippen LogP) is 2.56. The van der Waals surface area contributed by atoms with Gasteiger partial charge in [-0.05, 0) is 5.92 Å². The standard InChI is InChI=1S/C17H31N3O2/c1-12(2)15(22)17(5,6)11-19-14(21)7-9-20-10-8-18-16(20)13(3)4/h8,10,12-13,15,22H,7,9,11H2,1-6H3,(H,19,21). The summed E-state index contributed by atoms with van der Waals surface area (Å²) in [5.41, 5.74) is -0.331. The van der Waals surface area contributed by atoms with Gasteiger partial charge in [-0.2, -0.15) is 0 Å². The average molecular weight is 309 g/mol. The molecule has 5 nitrogen and oxygen atoms in total. The Balaban J connectivity index is 2.45. The van der Waals surface area contributed by atoms with E-state index in [2.05, 4.69) is 24.1 Å². The Hall–Kier alpha value is -1.36. The molecule has 1 amide bonds. The number of hydrogen-bond acceptors (Lipinski definition) is 3. The Morgan fingerprint density at radius 2 is 2.00 bits per heavy atom. The fourth-order valence-electron chi connectivity index (χ4n) is 2.65. The highest BCUT2D eigenvalue weighted by molar-refractivity contribution is 5.75. The van der Waals surface area contributed by atoms with E-state index in [-0.39, 0.29) is 17.2 Å². The third-order valence-corrected chi connectivity index (χ3v) is 4.02. The third-order valence-electron chi connectivity index (χ3n) is 4.02. The van der Waals surface area contributed by atoms with Crippen LogP contribution in [0.3, 0.4) is 0 Å². The Bertz CT molecular complexity index is 478. The van der Waals surface area contributed by atoms with Crippen LogP contribution in [0.5, 0.6) is 0 Å². The molecule has 1 aromatic heterocycles. The number of imidazole rings is 1. The van der Waals surface area contributed by atoms with E-state index in [1.54, 1.807) is 6.20 Å². The first-order valence-electron chi connectivity index (χ1n) is 8.11. The molecule has 0 aliphatic carbocycles. The molecule has 5 heteroatoms. The SMILES string of the molecule is CC(C)c1nccn1CCC(=O)NCC(C)(C)C(O)C(C)C. The monoisotopic (exact) mass is 309 g/mol. The van der Waals surface area contributed by atoms with Crippen molar-refractivity contribution in [2.75, 3.05) is 6.54 Å². The van der Waals surface area contributed by atoms with Crippen molar-refractivity contribution in [1.29, 1.82) is 0 Å². The summed E-state index contributed by atoms with van der Waals surface area (Å²) in [6.45, 7) is 13.2. The summed E-state index contributed by atoms with van der Waals surface area (Å²) in [5, 5.41) is 13.1. The number of aryl methyl sites for hydroxylation is 1. The number of carbonyl (C=O) groups is 1. The highest BCUT2D eigenvalue weighted by Crippen LogP contribution is 2.25. The first kappa shape index (κ1) is 18.7. The van der Waals surface area contributed by atoms with Gasteiger partial charge in [0.2, 0.25) is 5.91 Å². The van der Waals surface area contributed by atoms with Gasteiger partial charge in [0.25, 0.3) is 0 Å². The highest BCUT2D eigenvalue weighted by atomic mass is 16.3. The van der Waals surface area contributed by atoms with Crippen LogP contribution in [0.15, 0.2) is 12.4 Å². The number of aliphatic hydroxyl groups excluding tert-OH is 1. The van der Waals surface area contributed by atoms with E-state index in [1.807, 2.05) is 38.5 Å². The van der Waals surface area contributed by atoms with Crippen molar-refractivity contribution in [3.8, 4) is 0 Å². The van der Waals surface area contributed by atoms with Gasteiger partial charge < -0.3 is 15.0 Å². The molecule has 2 N–H and O–H groups in total. The third kappa shape index (κ3) is 5.13. The van der Waals surface area contributed by atoms with E-state index in [9.17, 15) is 9.90 Å². The maximum atomic E-state index is 12.0. The number of carbonyl (C=O) groups excluding carboxylic acids is 1. The molecule has 1 rings (SSSR count). The van der Waals surface area contributed by atoms with Crippen LogP contribution < -0.4 is 5.32 Å². The second-order valence-electron chi connectivity index (χ2n) is 7.34. The number of aromatic nitrogens is 2. The van der Waals surface area contributed by atoms with Crippen LogP contribution in [0.4, 0.5) is 0 Å². The van der Waals surface area contributed by atoms with Gasteiger partial charge in [0.15, 0.2) is 0 Å². The van der Waals surface area contributed by atoms with Gasteiger partial charge in [-0.3, -0.25) is 4.79 Å². The van der Waals surface area contributed by atoms with E-state index < -0.39 is 6.10 Å². The topological polar surface area (TPSA) is 67.2 Å². The maximum absolute atomic E-state index is 12.0. The fourth-order valence-corrected chi connectivity index (χ4v) is 2.65. The summed E-state index contributed by atoms with van der Waals surface area (Å²) >= 11 is 0. The normalized spacial score (nSPS) is 13.7. The Morgan fingerprint density at radius 3 is 2.55 bits per heavy atom. The largest absolute Gasteiger partial charge is 0.392 e. The van der Waals surface area contributed by atoms with Gasteiger partial charge in [-0.25, -0.2) is 4.98 Å². The zero-order valence-electron chi connectivity index (χ0n) is 14.8. The lowest BCUT2D eigenvalue weighted by atomic mass is 9.80. The molecule has 1 unspecified atom stereocenters. The number of nitrogens with one attached hydrogen (secondary N) is 1. The smallest absolute Gasteiger partial charge is 0.221 e. The average Bonchev–Trinajstić information content (AvgIpc) is 2.90. The minimum absolute atomic E-state index is 0.00689. The molecule has 0 bridgehead atoms. The molecule has 0 aliphatic rings. The molecule has 1 aromatic rings. The summed E-state index contributed by atoms with van der Waals surface area (Å²) in [7, 11) is 0. The van der Waals surface area contributed by atoms with Gasteiger partial charge in [0.1, 0.15) is 5.82 Å². The van der Waals surface area contributed by atoms with Gasteiger partial charge >= 0.3 is 0 Å². The fraction of sp³-hybridized carbons (Fsp3) is 0.765. The quantitative estimate of drug-likeness (QED) is 0.775. The molecular weight excluding hydrogens is 278 g/mol. The van der Waals surface area contributed by atoms with Crippen molar-refractivity contribution < 1.29 is 9.90 Å². The molecule has 1 heterocycles. The molecule has 126 valence electrons. The molecule has 0 aromatic carbocycles. The van der Waals surface area contributed by atoms with Gasteiger partial charge in [-0.15, -0.1) is 0 Å². The van der Waals surface area contributed by atoms with Crippen LogP contribution in [-0.2, 0) is 11.3 Å². The molecule has 0 spiro atoms. The second kappa shape index (κ2) is 7.77. The first-order chi connectivity index (χ1) is 10.1.